The number of carbonyl (C=O) groups excluding carboxylic acids is 4. The number of imide groups is 1. The molecule has 0 unspecified atom stereocenters. The third-order valence-electron chi connectivity index (χ3n) is 6.71. The lowest BCUT2D eigenvalue weighted by atomic mass is 9.76. The third kappa shape index (κ3) is 4.09. The predicted molar refractivity (Wildman–Crippen MR) is 119 cm³/mol. The number of rotatable bonds is 5. The number of benzene rings is 2. The molecule has 4 rings (SSSR count). The largest absolute Gasteiger partial charge is 0.454 e. The molecular weight excluding hydrogens is 406 g/mol. The van der Waals surface area contributed by atoms with Crippen LogP contribution in [-0.4, -0.2) is 30.2 Å². The molecule has 0 aromatic heterocycles. The summed E-state index contributed by atoms with van der Waals surface area (Å²) < 4.78 is 5.18. The molecule has 2 amide bonds. The summed E-state index contributed by atoms with van der Waals surface area (Å²) in [5.41, 5.74) is 3.30. The standard InChI is InChI=1S/C26H27NO5/c1-15-4-11-21-22(12-15)25(30)27(24(21)29)20-9-7-18(8-10-20)26(31)32-14-23(28)19-6-5-16(2)17(3)13-19/h5-10,13,15,21-22H,4,11-12,14H2,1-3H3/t15-,21+,22+/m0/s1. The Bertz CT molecular complexity index is 1090. The van der Waals surface area contributed by atoms with Crippen molar-refractivity contribution >= 4 is 29.3 Å². The van der Waals surface area contributed by atoms with Gasteiger partial charge < -0.3 is 4.74 Å². The van der Waals surface area contributed by atoms with Crippen molar-refractivity contribution in [1.82, 2.24) is 0 Å². The van der Waals surface area contributed by atoms with Gasteiger partial charge in [-0.1, -0.05) is 19.1 Å². The number of carbonyl (C=O) groups is 4. The molecule has 6 nitrogen and oxygen atoms in total. The van der Waals surface area contributed by atoms with Crippen LogP contribution in [-0.2, 0) is 14.3 Å². The molecule has 2 aliphatic rings. The van der Waals surface area contributed by atoms with Gasteiger partial charge in [0, 0.05) is 5.56 Å². The van der Waals surface area contributed by atoms with Crippen molar-refractivity contribution in [2.24, 2.45) is 17.8 Å². The van der Waals surface area contributed by atoms with Gasteiger partial charge >= 0.3 is 5.97 Å². The summed E-state index contributed by atoms with van der Waals surface area (Å²) in [6.45, 7) is 5.64. The summed E-state index contributed by atoms with van der Waals surface area (Å²) in [5, 5.41) is 0. The Balaban J connectivity index is 1.40. The van der Waals surface area contributed by atoms with E-state index in [1.54, 1.807) is 24.3 Å². The van der Waals surface area contributed by atoms with Gasteiger partial charge in [0.2, 0.25) is 11.8 Å². The molecule has 3 atom stereocenters. The van der Waals surface area contributed by atoms with Crippen molar-refractivity contribution in [3.63, 3.8) is 0 Å². The molecule has 1 saturated carbocycles. The highest BCUT2D eigenvalue weighted by molar-refractivity contribution is 6.22. The van der Waals surface area contributed by atoms with Gasteiger partial charge in [-0.2, -0.15) is 0 Å². The van der Waals surface area contributed by atoms with E-state index in [1.807, 2.05) is 19.9 Å². The van der Waals surface area contributed by atoms with Crippen LogP contribution in [0, 0.1) is 31.6 Å². The topological polar surface area (TPSA) is 80.8 Å². The Kier molecular flexibility index (Phi) is 5.96. The van der Waals surface area contributed by atoms with Crippen molar-refractivity contribution in [1.29, 1.82) is 0 Å². The minimum atomic E-state index is -0.629. The van der Waals surface area contributed by atoms with Crippen LogP contribution in [0.25, 0.3) is 0 Å². The first-order chi connectivity index (χ1) is 15.3. The average Bonchev–Trinajstić information content (AvgIpc) is 3.03. The first kappa shape index (κ1) is 21.9. The molecule has 32 heavy (non-hydrogen) atoms. The fourth-order valence-electron chi connectivity index (χ4n) is 4.60. The molecular formula is C26H27NO5. The molecule has 1 aliphatic carbocycles. The summed E-state index contributed by atoms with van der Waals surface area (Å²) in [5.74, 6) is -1.25. The summed E-state index contributed by atoms with van der Waals surface area (Å²) in [7, 11) is 0. The number of amides is 2. The molecule has 2 aromatic rings. The lowest BCUT2D eigenvalue weighted by molar-refractivity contribution is -0.122. The lowest BCUT2D eigenvalue weighted by Crippen LogP contribution is -2.30. The van der Waals surface area contributed by atoms with E-state index in [0.717, 1.165) is 30.4 Å². The van der Waals surface area contributed by atoms with Gasteiger partial charge in [0.15, 0.2) is 12.4 Å². The number of esters is 1. The van der Waals surface area contributed by atoms with Gasteiger partial charge in [-0.15, -0.1) is 0 Å². The minimum absolute atomic E-state index is 0.152. The number of anilines is 1. The van der Waals surface area contributed by atoms with Gasteiger partial charge in [-0.3, -0.25) is 19.3 Å². The zero-order chi connectivity index (χ0) is 23.0. The fourth-order valence-corrected chi connectivity index (χ4v) is 4.60. The monoisotopic (exact) mass is 433 g/mol. The van der Waals surface area contributed by atoms with Crippen LogP contribution in [0.3, 0.4) is 0 Å². The Labute approximate surface area is 187 Å². The van der Waals surface area contributed by atoms with E-state index in [-0.39, 0.29) is 41.6 Å². The zero-order valence-electron chi connectivity index (χ0n) is 18.6. The van der Waals surface area contributed by atoms with Gasteiger partial charge in [0.05, 0.1) is 23.1 Å². The van der Waals surface area contributed by atoms with Crippen molar-refractivity contribution in [3.8, 4) is 0 Å². The maximum Gasteiger partial charge on any atom is 0.338 e. The fraction of sp³-hybridized carbons (Fsp3) is 0.385. The molecule has 0 bridgehead atoms. The number of aryl methyl sites for hydroxylation is 2. The van der Waals surface area contributed by atoms with Gasteiger partial charge in [0.1, 0.15) is 0 Å². The summed E-state index contributed by atoms with van der Waals surface area (Å²) in [4.78, 5) is 51.6. The summed E-state index contributed by atoms with van der Waals surface area (Å²) in [6, 6.07) is 11.6. The van der Waals surface area contributed by atoms with Crippen LogP contribution in [0.2, 0.25) is 0 Å². The number of ketones is 1. The van der Waals surface area contributed by atoms with E-state index in [9.17, 15) is 19.2 Å². The highest BCUT2D eigenvalue weighted by Crippen LogP contribution is 2.42. The van der Waals surface area contributed by atoms with Crippen molar-refractivity contribution in [2.45, 2.75) is 40.0 Å². The average molecular weight is 434 g/mol. The first-order valence-corrected chi connectivity index (χ1v) is 11.0. The Morgan fingerprint density at radius 3 is 2.25 bits per heavy atom. The highest BCUT2D eigenvalue weighted by Gasteiger charge is 2.49. The molecule has 1 saturated heterocycles. The quantitative estimate of drug-likeness (QED) is 0.400. The Hall–Kier alpha value is -3.28. The van der Waals surface area contributed by atoms with E-state index in [2.05, 4.69) is 6.92 Å². The molecule has 1 heterocycles. The minimum Gasteiger partial charge on any atom is -0.454 e. The van der Waals surface area contributed by atoms with E-state index in [0.29, 0.717) is 17.2 Å². The summed E-state index contributed by atoms with van der Waals surface area (Å²) in [6.07, 6.45) is 2.44. The molecule has 2 fully saturated rings. The second-order valence-corrected chi connectivity index (χ2v) is 8.99. The second-order valence-electron chi connectivity index (χ2n) is 8.99. The molecule has 166 valence electrons. The van der Waals surface area contributed by atoms with E-state index < -0.39 is 5.97 Å². The third-order valence-corrected chi connectivity index (χ3v) is 6.71. The van der Waals surface area contributed by atoms with Crippen LogP contribution >= 0.6 is 0 Å². The molecule has 1 aliphatic heterocycles. The number of Topliss-reactive ketones (excluding diaryl/α,β-unsaturated/α-hetero) is 1. The summed E-state index contributed by atoms with van der Waals surface area (Å²) >= 11 is 0. The Morgan fingerprint density at radius 2 is 1.56 bits per heavy atom. The molecule has 0 radical (unpaired) electrons. The zero-order valence-corrected chi connectivity index (χ0v) is 18.6. The number of fused-ring (bicyclic) bond motifs is 1. The number of hydrogen-bond acceptors (Lipinski definition) is 5. The van der Waals surface area contributed by atoms with Gasteiger partial charge in [-0.25, -0.2) is 4.79 Å². The van der Waals surface area contributed by atoms with Crippen LogP contribution in [0.5, 0.6) is 0 Å². The normalized spacial score (nSPS) is 22.6. The van der Waals surface area contributed by atoms with Gasteiger partial charge in [-0.05, 0) is 80.5 Å². The predicted octanol–water partition coefficient (Wildman–Crippen LogP) is 4.27. The van der Waals surface area contributed by atoms with Crippen LogP contribution in [0.15, 0.2) is 42.5 Å². The van der Waals surface area contributed by atoms with Crippen molar-refractivity contribution in [2.75, 3.05) is 11.5 Å². The van der Waals surface area contributed by atoms with E-state index in [4.69, 9.17) is 4.74 Å². The van der Waals surface area contributed by atoms with Gasteiger partial charge in [0.25, 0.3) is 0 Å². The molecule has 6 heteroatoms. The van der Waals surface area contributed by atoms with Crippen LogP contribution in [0.1, 0.15) is 58.0 Å². The molecule has 2 aromatic carbocycles. The van der Waals surface area contributed by atoms with Crippen LogP contribution < -0.4 is 4.90 Å². The van der Waals surface area contributed by atoms with Crippen molar-refractivity contribution < 1.29 is 23.9 Å². The van der Waals surface area contributed by atoms with Crippen LogP contribution in [0.4, 0.5) is 5.69 Å². The molecule has 0 N–H and O–H groups in total. The maximum absolute atomic E-state index is 12.8. The first-order valence-electron chi connectivity index (χ1n) is 11.0. The second kappa shape index (κ2) is 8.69. The highest BCUT2D eigenvalue weighted by atomic mass is 16.5. The maximum atomic E-state index is 12.8. The Morgan fingerprint density at radius 1 is 0.906 bits per heavy atom. The number of ether oxygens (including phenoxy) is 1. The smallest absolute Gasteiger partial charge is 0.338 e. The molecule has 0 spiro atoms. The van der Waals surface area contributed by atoms with Crippen molar-refractivity contribution in [3.05, 3.63) is 64.7 Å². The number of hydrogen-bond donors (Lipinski definition) is 0. The number of nitrogens with zero attached hydrogens (tertiary/aromatic N) is 1. The SMILES string of the molecule is Cc1ccc(C(=O)COC(=O)c2ccc(N3C(=O)[C@@H]4CC[C@H](C)C[C@H]4C3=O)cc2)cc1C. The van der Waals surface area contributed by atoms with E-state index in [1.165, 1.54) is 17.0 Å². The van der Waals surface area contributed by atoms with E-state index >= 15 is 0 Å². The lowest BCUT2D eigenvalue weighted by Gasteiger charge is -2.25.